The van der Waals surface area contributed by atoms with Gasteiger partial charge in [-0.05, 0) is 48.2 Å². The molecule has 2 aromatic rings. The lowest BCUT2D eigenvalue weighted by Gasteiger charge is -2.09. The molecule has 0 aliphatic rings. The lowest BCUT2D eigenvalue weighted by Crippen LogP contribution is -2.09. The van der Waals surface area contributed by atoms with Crippen molar-refractivity contribution in [3.8, 4) is 5.75 Å². The summed E-state index contributed by atoms with van der Waals surface area (Å²) in [5.41, 5.74) is 4.56. The zero-order chi connectivity index (χ0) is 14.5. The van der Waals surface area contributed by atoms with E-state index in [4.69, 9.17) is 4.74 Å². The van der Waals surface area contributed by atoms with Crippen molar-refractivity contribution in [2.24, 2.45) is 0 Å². The molecule has 0 spiro atoms. The molecule has 0 atom stereocenters. The molecule has 0 heterocycles. The molecule has 0 amide bonds. The molecule has 0 aliphatic carbocycles. The second-order valence-corrected chi connectivity index (χ2v) is 5.11. The van der Waals surface area contributed by atoms with Crippen LogP contribution in [0.25, 0.3) is 0 Å². The van der Waals surface area contributed by atoms with E-state index in [0.29, 0.717) is 12.8 Å². The Balaban J connectivity index is 2.05. The highest BCUT2D eigenvalue weighted by Crippen LogP contribution is 2.16. The second kappa shape index (κ2) is 6.38. The molecule has 2 heteroatoms. The van der Waals surface area contributed by atoms with Crippen molar-refractivity contribution < 1.29 is 9.53 Å². The average molecular weight is 268 g/mol. The Hall–Kier alpha value is -2.09. The second-order valence-electron chi connectivity index (χ2n) is 5.11. The Morgan fingerprint density at radius 2 is 1.55 bits per heavy atom. The number of carbonyl (C=O) groups is 1. The van der Waals surface area contributed by atoms with E-state index in [9.17, 15) is 4.79 Å². The zero-order valence-corrected chi connectivity index (χ0v) is 12.3. The summed E-state index contributed by atoms with van der Waals surface area (Å²) in [4.78, 5) is 12.2. The fourth-order valence-corrected chi connectivity index (χ4v) is 2.36. The molecule has 2 aromatic carbocycles. The fraction of sp³-hybridized carbons (Fsp3) is 0.278. The van der Waals surface area contributed by atoms with Gasteiger partial charge in [-0.3, -0.25) is 4.79 Å². The summed E-state index contributed by atoms with van der Waals surface area (Å²) < 4.78 is 5.12. The number of benzene rings is 2. The van der Waals surface area contributed by atoms with Crippen LogP contribution in [-0.4, -0.2) is 12.9 Å². The van der Waals surface area contributed by atoms with Crippen LogP contribution in [0.2, 0.25) is 0 Å². The lowest BCUT2D eigenvalue weighted by atomic mass is 9.96. The molecule has 0 saturated carbocycles. The third-order valence-corrected chi connectivity index (χ3v) is 3.58. The quantitative estimate of drug-likeness (QED) is 0.827. The molecular formula is C18H20O2. The summed E-state index contributed by atoms with van der Waals surface area (Å²) in [5, 5.41) is 0. The highest BCUT2D eigenvalue weighted by Gasteiger charge is 2.09. The summed E-state index contributed by atoms with van der Waals surface area (Å²) in [6.07, 6.45) is 0.975. The largest absolute Gasteiger partial charge is 0.497 e. The minimum absolute atomic E-state index is 0.243. The third kappa shape index (κ3) is 3.47. The van der Waals surface area contributed by atoms with Crippen molar-refractivity contribution in [2.45, 2.75) is 26.7 Å². The van der Waals surface area contributed by atoms with E-state index in [1.165, 1.54) is 11.1 Å². The molecule has 0 N–H and O–H groups in total. The molecule has 2 rings (SSSR count). The summed E-state index contributed by atoms with van der Waals surface area (Å²) in [7, 11) is 1.64. The Morgan fingerprint density at radius 3 is 2.10 bits per heavy atom. The minimum atomic E-state index is 0.243. The van der Waals surface area contributed by atoms with E-state index >= 15 is 0 Å². The van der Waals surface area contributed by atoms with Crippen molar-refractivity contribution in [2.75, 3.05) is 7.11 Å². The van der Waals surface area contributed by atoms with Crippen LogP contribution in [0.3, 0.4) is 0 Å². The number of ether oxygens (including phenoxy) is 1. The van der Waals surface area contributed by atoms with E-state index < -0.39 is 0 Å². The molecule has 0 radical (unpaired) electrons. The number of carbonyl (C=O) groups excluding carboxylic acids is 1. The third-order valence-electron chi connectivity index (χ3n) is 3.58. The maximum Gasteiger partial charge on any atom is 0.141 e. The molecule has 0 saturated heterocycles. The van der Waals surface area contributed by atoms with Crippen LogP contribution in [-0.2, 0) is 17.6 Å². The summed E-state index contributed by atoms with van der Waals surface area (Å²) >= 11 is 0. The van der Waals surface area contributed by atoms with Gasteiger partial charge in [-0.15, -0.1) is 0 Å². The van der Waals surface area contributed by atoms with Crippen LogP contribution in [0, 0.1) is 13.8 Å². The predicted molar refractivity (Wildman–Crippen MR) is 81.3 cm³/mol. The number of aryl methyl sites for hydroxylation is 2. The fourth-order valence-electron chi connectivity index (χ4n) is 2.36. The number of ketones is 1. The van der Waals surface area contributed by atoms with Gasteiger partial charge in [-0.2, -0.15) is 0 Å². The van der Waals surface area contributed by atoms with Gasteiger partial charge in [0.2, 0.25) is 0 Å². The summed E-state index contributed by atoms with van der Waals surface area (Å²) in [6, 6.07) is 13.8. The Morgan fingerprint density at radius 1 is 0.950 bits per heavy atom. The topological polar surface area (TPSA) is 26.3 Å². The minimum Gasteiger partial charge on any atom is -0.497 e. The lowest BCUT2D eigenvalue weighted by molar-refractivity contribution is -0.117. The van der Waals surface area contributed by atoms with E-state index in [0.717, 1.165) is 16.9 Å². The molecule has 104 valence electrons. The van der Waals surface area contributed by atoms with Crippen LogP contribution in [0.1, 0.15) is 22.3 Å². The first kappa shape index (κ1) is 14.3. The molecule has 20 heavy (non-hydrogen) atoms. The van der Waals surface area contributed by atoms with Crippen LogP contribution < -0.4 is 4.74 Å². The molecular weight excluding hydrogens is 248 g/mol. The standard InChI is InChI=1S/C18H20O2/c1-13-5-4-6-14(2)18(13)12-16(19)11-15-7-9-17(20-3)10-8-15/h4-10H,11-12H2,1-3H3. The SMILES string of the molecule is COc1ccc(CC(=O)Cc2c(C)cccc2C)cc1. The molecule has 0 unspecified atom stereocenters. The van der Waals surface area contributed by atoms with Gasteiger partial charge >= 0.3 is 0 Å². The van der Waals surface area contributed by atoms with Crippen LogP contribution in [0.15, 0.2) is 42.5 Å². The Labute approximate surface area is 120 Å². The first-order valence-corrected chi connectivity index (χ1v) is 6.80. The van der Waals surface area contributed by atoms with Crippen molar-refractivity contribution in [1.29, 1.82) is 0 Å². The van der Waals surface area contributed by atoms with E-state index in [1.54, 1.807) is 7.11 Å². The summed E-state index contributed by atoms with van der Waals surface area (Å²) in [6.45, 7) is 4.12. The maximum absolute atomic E-state index is 12.2. The smallest absolute Gasteiger partial charge is 0.141 e. The highest BCUT2D eigenvalue weighted by molar-refractivity contribution is 5.83. The molecule has 2 nitrogen and oxygen atoms in total. The Kier molecular flexibility index (Phi) is 4.57. The van der Waals surface area contributed by atoms with Gasteiger partial charge in [-0.1, -0.05) is 30.3 Å². The van der Waals surface area contributed by atoms with Crippen molar-refractivity contribution >= 4 is 5.78 Å². The maximum atomic E-state index is 12.2. The number of Topliss-reactive ketones (excluding diaryl/α,β-unsaturated/α-hetero) is 1. The van der Waals surface area contributed by atoms with Crippen LogP contribution in [0.5, 0.6) is 5.75 Å². The number of hydrogen-bond acceptors (Lipinski definition) is 2. The first-order valence-electron chi connectivity index (χ1n) is 6.80. The summed E-state index contributed by atoms with van der Waals surface area (Å²) in [5.74, 6) is 1.06. The predicted octanol–water partition coefficient (Wildman–Crippen LogP) is 3.67. The monoisotopic (exact) mass is 268 g/mol. The van der Waals surface area contributed by atoms with Gasteiger partial charge in [-0.25, -0.2) is 0 Å². The van der Waals surface area contributed by atoms with E-state index in [2.05, 4.69) is 26.0 Å². The van der Waals surface area contributed by atoms with Gasteiger partial charge in [0.1, 0.15) is 11.5 Å². The first-order chi connectivity index (χ1) is 9.60. The average Bonchev–Trinajstić information content (AvgIpc) is 2.44. The molecule has 0 bridgehead atoms. The molecule has 0 aliphatic heterocycles. The van der Waals surface area contributed by atoms with Crippen LogP contribution >= 0.6 is 0 Å². The van der Waals surface area contributed by atoms with Gasteiger partial charge in [0.05, 0.1) is 7.11 Å². The van der Waals surface area contributed by atoms with E-state index in [-0.39, 0.29) is 5.78 Å². The molecule has 0 aromatic heterocycles. The highest BCUT2D eigenvalue weighted by atomic mass is 16.5. The Bertz CT molecular complexity index is 577. The normalized spacial score (nSPS) is 10.3. The number of rotatable bonds is 5. The van der Waals surface area contributed by atoms with Crippen molar-refractivity contribution in [3.05, 3.63) is 64.7 Å². The zero-order valence-electron chi connectivity index (χ0n) is 12.3. The van der Waals surface area contributed by atoms with Crippen LogP contribution in [0.4, 0.5) is 0 Å². The molecule has 0 fully saturated rings. The van der Waals surface area contributed by atoms with Crippen molar-refractivity contribution in [3.63, 3.8) is 0 Å². The van der Waals surface area contributed by atoms with Crippen molar-refractivity contribution in [1.82, 2.24) is 0 Å². The number of hydrogen-bond donors (Lipinski definition) is 0. The van der Waals surface area contributed by atoms with Gasteiger partial charge in [0.25, 0.3) is 0 Å². The van der Waals surface area contributed by atoms with Gasteiger partial charge < -0.3 is 4.74 Å². The van der Waals surface area contributed by atoms with Gasteiger partial charge in [0, 0.05) is 12.8 Å². The van der Waals surface area contributed by atoms with E-state index in [1.807, 2.05) is 30.3 Å². The van der Waals surface area contributed by atoms with Gasteiger partial charge in [0.15, 0.2) is 0 Å². The number of methoxy groups -OCH3 is 1.